The molecule has 0 fully saturated rings. The summed E-state index contributed by atoms with van der Waals surface area (Å²) in [5.41, 5.74) is 0.226. The van der Waals surface area contributed by atoms with Gasteiger partial charge >= 0.3 is 9.28 Å². The van der Waals surface area contributed by atoms with Crippen molar-refractivity contribution in [3.63, 3.8) is 0 Å². The molecule has 15 heavy (non-hydrogen) atoms. The molecule has 0 aliphatic carbocycles. The van der Waals surface area contributed by atoms with Gasteiger partial charge in [0.05, 0.1) is 0 Å². The third kappa shape index (κ3) is 3.75. The van der Waals surface area contributed by atoms with E-state index in [0.29, 0.717) is 13.2 Å². The molecule has 0 saturated heterocycles. The molecule has 0 aromatic heterocycles. The third-order valence-corrected chi connectivity index (χ3v) is 3.84. The van der Waals surface area contributed by atoms with Crippen LogP contribution in [-0.2, 0) is 8.85 Å². The van der Waals surface area contributed by atoms with Crippen LogP contribution < -0.4 is 0 Å². The van der Waals surface area contributed by atoms with Gasteiger partial charge in [0, 0.05) is 13.2 Å². The Labute approximate surface area is 92.5 Å². The van der Waals surface area contributed by atoms with Crippen molar-refractivity contribution in [1.82, 2.24) is 0 Å². The molecule has 0 bridgehead atoms. The lowest BCUT2D eigenvalue weighted by molar-refractivity contribution is 0.138. The van der Waals surface area contributed by atoms with Gasteiger partial charge in [-0.25, -0.2) is 0 Å². The predicted octanol–water partition coefficient (Wildman–Crippen LogP) is 1.82. The van der Waals surface area contributed by atoms with Gasteiger partial charge in [-0.05, 0) is 19.4 Å². The molecule has 1 unspecified atom stereocenters. The summed E-state index contributed by atoms with van der Waals surface area (Å²) >= 11 is 0. The Morgan fingerprint density at radius 1 is 1.13 bits per heavy atom. The number of rotatable bonds is 6. The first-order valence-corrected chi connectivity index (χ1v) is 6.54. The lowest BCUT2D eigenvalue weighted by Crippen LogP contribution is -2.31. The van der Waals surface area contributed by atoms with Gasteiger partial charge in [0.15, 0.2) is 0 Å². The molecule has 1 atom stereocenters. The Kier molecular flexibility index (Phi) is 5.56. The summed E-state index contributed by atoms with van der Waals surface area (Å²) in [6, 6.07) is 9.48. The van der Waals surface area contributed by atoms with Gasteiger partial charge in [0.2, 0.25) is 0 Å². The van der Waals surface area contributed by atoms with E-state index in [1.165, 1.54) is 0 Å². The molecule has 1 aromatic carbocycles. The summed E-state index contributed by atoms with van der Waals surface area (Å²) in [4.78, 5) is 0. The van der Waals surface area contributed by atoms with E-state index in [9.17, 15) is 5.11 Å². The van der Waals surface area contributed by atoms with Gasteiger partial charge in [-0.15, -0.1) is 0 Å². The van der Waals surface area contributed by atoms with Crippen molar-refractivity contribution in [2.45, 2.75) is 19.6 Å². The van der Waals surface area contributed by atoms with Crippen LogP contribution in [0.5, 0.6) is 0 Å². The molecule has 1 rings (SSSR count). The third-order valence-electron chi connectivity index (χ3n) is 1.91. The number of hydrogen-bond donors (Lipinski definition) is 1. The molecule has 0 aliphatic rings. The van der Waals surface area contributed by atoms with Crippen molar-refractivity contribution < 1.29 is 14.0 Å². The van der Waals surface area contributed by atoms with Crippen LogP contribution in [0.2, 0.25) is 0 Å². The predicted molar refractivity (Wildman–Crippen MR) is 60.4 cm³/mol. The fraction of sp³-hybridized carbons (Fsp3) is 0.455. The Hall–Kier alpha value is -0.683. The van der Waals surface area contributed by atoms with Gasteiger partial charge in [0.1, 0.15) is 5.73 Å². The van der Waals surface area contributed by atoms with Gasteiger partial charge < -0.3 is 14.0 Å². The Morgan fingerprint density at radius 2 is 1.67 bits per heavy atom. The Balaban J connectivity index is 2.67. The number of hydrogen-bond acceptors (Lipinski definition) is 3. The maximum absolute atomic E-state index is 10.0. The van der Waals surface area contributed by atoms with Crippen LogP contribution >= 0.6 is 0 Å². The SMILES string of the molecule is CCO[Si](OCC)C(O)c1ccccc1. The first-order chi connectivity index (χ1) is 7.29. The maximum Gasteiger partial charge on any atom is 0.421 e. The fourth-order valence-electron chi connectivity index (χ4n) is 1.26. The Morgan fingerprint density at radius 3 is 2.13 bits per heavy atom. The number of benzene rings is 1. The van der Waals surface area contributed by atoms with Crippen molar-refractivity contribution in [2.75, 3.05) is 13.2 Å². The van der Waals surface area contributed by atoms with Crippen LogP contribution in [0.4, 0.5) is 0 Å². The molecule has 3 nitrogen and oxygen atoms in total. The Bertz CT molecular complexity index is 260. The molecule has 0 amide bonds. The second kappa shape index (κ2) is 6.74. The van der Waals surface area contributed by atoms with Crippen molar-refractivity contribution in [3.8, 4) is 0 Å². The summed E-state index contributed by atoms with van der Waals surface area (Å²) in [5.74, 6) is 0. The summed E-state index contributed by atoms with van der Waals surface area (Å²) in [7, 11) is -1.62. The molecule has 0 spiro atoms. The summed E-state index contributed by atoms with van der Waals surface area (Å²) in [6.45, 7) is 4.94. The molecule has 0 heterocycles. The highest BCUT2D eigenvalue weighted by Crippen LogP contribution is 2.16. The molecule has 4 heteroatoms. The molecule has 1 N–H and O–H groups in total. The number of aliphatic hydroxyl groups is 1. The summed E-state index contributed by atoms with van der Waals surface area (Å²) in [6.07, 6.45) is 0. The van der Waals surface area contributed by atoms with Crippen LogP contribution in [0.3, 0.4) is 0 Å². The van der Waals surface area contributed by atoms with E-state index in [-0.39, 0.29) is 0 Å². The molecule has 1 aromatic rings. The van der Waals surface area contributed by atoms with Gasteiger partial charge in [0.25, 0.3) is 0 Å². The minimum atomic E-state index is -1.62. The first-order valence-electron chi connectivity index (χ1n) is 5.15. The lowest BCUT2D eigenvalue weighted by atomic mass is 10.2. The summed E-state index contributed by atoms with van der Waals surface area (Å²) < 4.78 is 10.9. The smallest absolute Gasteiger partial charge is 0.392 e. The van der Waals surface area contributed by atoms with E-state index in [1.54, 1.807) is 0 Å². The molecule has 0 saturated carbocycles. The van der Waals surface area contributed by atoms with Crippen molar-refractivity contribution in [2.24, 2.45) is 0 Å². The number of aliphatic hydroxyl groups excluding tert-OH is 1. The van der Waals surface area contributed by atoms with Crippen molar-refractivity contribution in [3.05, 3.63) is 35.9 Å². The molecule has 0 aliphatic heterocycles. The van der Waals surface area contributed by atoms with Crippen molar-refractivity contribution in [1.29, 1.82) is 0 Å². The topological polar surface area (TPSA) is 38.7 Å². The zero-order chi connectivity index (χ0) is 11.1. The van der Waals surface area contributed by atoms with Gasteiger partial charge in [-0.3, -0.25) is 0 Å². The van der Waals surface area contributed by atoms with E-state index in [1.807, 2.05) is 44.2 Å². The molecule has 83 valence electrons. The average molecular weight is 225 g/mol. The lowest BCUT2D eigenvalue weighted by Gasteiger charge is -2.18. The van der Waals surface area contributed by atoms with E-state index in [2.05, 4.69) is 0 Å². The van der Waals surface area contributed by atoms with E-state index in [4.69, 9.17) is 8.85 Å². The van der Waals surface area contributed by atoms with Gasteiger partial charge in [-0.1, -0.05) is 30.3 Å². The molecular weight excluding hydrogens is 208 g/mol. The van der Waals surface area contributed by atoms with Crippen LogP contribution in [0.15, 0.2) is 30.3 Å². The standard InChI is InChI=1S/C11H17O3Si/c1-3-13-15(14-4-2)11(12)10-8-6-5-7-9-10/h5-9,11-12H,3-4H2,1-2H3. The van der Waals surface area contributed by atoms with E-state index < -0.39 is 15.0 Å². The minimum Gasteiger partial charge on any atom is -0.392 e. The average Bonchev–Trinajstić information content (AvgIpc) is 2.29. The largest absolute Gasteiger partial charge is 0.421 e. The summed E-state index contributed by atoms with van der Waals surface area (Å²) in [5, 5.41) is 10.0. The molecular formula is C11H17O3Si. The molecule has 1 radical (unpaired) electrons. The minimum absolute atomic E-state index is 0.568. The zero-order valence-corrected chi connectivity index (χ0v) is 10.1. The first kappa shape index (κ1) is 12.4. The fourth-order valence-corrected chi connectivity index (χ4v) is 2.69. The second-order valence-corrected chi connectivity index (χ2v) is 4.76. The van der Waals surface area contributed by atoms with Crippen LogP contribution in [0.1, 0.15) is 25.1 Å². The van der Waals surface area contributed by atoms with E-state index >= 15 is 0 Å². The normalized spacial score (nSPS) is 13.1. The highest BCUT2D eigenvalue weighted by molar-refractivity contribution is 6.45. The zero-order valence-electron chi connectivity index (χ0n) is 9.14. The monoisotopic (exact) mass is 225 g/mol. The van der Waals surface area contributed by atoms with Crippen molar-refractivity contribution >= 4 is 9.28 Å². The quantitative estimate of drug-likeness (QED) is 0.751. The van der Waals surface area contributed by atoms with Gasteiger partial charge in [-0.2, -0.15) is 0 Å². The van der Waals surface area contributed by atoms with Crippen LogP contribution in [0.25, 0.3) is 0 Å². The highest BCUT2D eigenvalue weighted by Gasteiger charge is 2.27. The van der Waals surface area contributed by atoms with Crippen LogP contribution in [-0.4, -0.2) is 27.6 Å². The highest BCUT2D eigenvalue weighted by atomic mass is 28.3. The van der Waals surface area contributed by atoms with E-state index in [0.717, 1.165) is 5.56 Å². The second-order valence-electron chi connectivity index (χ2n) is 3.00. The van der Waals surface area contributed by atoms with Crippen LogP contribution in [0, 0.1) is 0 Å². The maximum atomic E-state index is 10.0.